The van der Waals surface area contributed by atoms with Crippen LogP contribution in [0.3, 0.4) is 0 Å². The third-order valence-electron chi connectivity index (χ3n) is 8.29. The number of nitrogens with zero attached hydrogens (tertiary/aromatic N) is 2. The van der Waals surface area contributed by atoms with Gasteiger partial charge in [0, 0.05) is 39.2 Å². The Bertz CT molecular complexity index is 1480. The molecule has 10 heteroatoms. The van der Waals surface area contributed by atoms with Crippen molar-refractivity contribution in [2.24, 2.45) is 0 Å². The molecular weight excluding hydrogens is 578 g/mol. The van der Waals surface area contributed by atoms with Crippen molar-refractivity contribution >= 4 is 21.8 Å². The SMILES string of the molecule is COc1ccc(CN(C(=O)CCc2ccc(S(=O)(=O)N3CCCC3)cc2)C(C(=O)NCC2CCCO2)c2ccccc2)cc1. The molecule has 2 atom stereocenters. The highest BCUT2D eigenvalue weighted by Crippen LogP contribution is 2.27. The number of benzene rings is 3. The third-order valence-corrected chi connectivity index (χ3v) is 10.2. The summed E-state index contributed by atoms with van der Waals surface area (Å²) in [6.07, 6.45) is 4.14. The van der Waals surface area contributed by atoms with Crippen molar-refractivity contribution in [2.75, 3.05) is 33.4 Å². The summed E-state index contributed by atoms with van der Waals surface area (Å²) >= 11 is 0. The summed E-state index contributed by atoms with van der Waals surface area (Å²) in [6, 6.07) is 22.7. The molecule has 234 valence electrons. The largest absolute Gasteiger partial charge is 0.497 e. The number of hydrogen-bond donors (Lipinski definition) is 1. The molecule has 44 heavy (non-hydrogen) atoms. The molecular formula is C34H41N3O6S. The highest BCUT2D eigenvalue weighted by atomic mass is 32.2. The summed E-state index contributed by atoms with van der Waals surface area (Å²) in [5.41, 5.74) is 2.43. The van der Waals surface area contributed by atoms with E-state index in [1.165, 1.54) is 4.31 Å². The van der Waals surface area contributed by atoms with Crippen LogP contribution < -0.4 is 10.1 Å². The van der Waals surface area contributed by atoms with Crippen LogP contribution >= 0.6 is 0 Å². The molecule has 5 rings (SSSR count). The topological polar surface area (TPSA) is 105 Å². The maximum Gasteiger partial charge on any atom is 0.247 e. The Morgan fingerprint density at radius 3 is 2.27 bits per heavy atom. The van der Waals surface area contributed by atoms with Gasteiger partial charge in [-0.05, 0) is 73.1 Å². The van der Waals surface area contributed by atoms with Crippen LogP contribution in [-0.2, 0) is 37.3 Å². The molecule has 0 radical (unpaired) electrons. The molecule has 2 unspecified atom stereocenters. The van der Waals surface area contributed by atoms with Crippen LogP contribution in [0.2, 0.25) is 0 Å². The number of hydrogen-bond acceptors (Lipinski definition) is 6. The van der Waals surface area contributed by atoms with E-state index < -0.39 is 16.1 Å². The number of carbonyl (C=O) groups excluding carboxylic acids is 2. The summed E-state index contributed by atoms with van der Waals surface area (Å²) in [7, 11) is -1.91. The Kier molecular flexibility index (Phi) is 10.7. The Morgan fingerprint density at radius 1 is 0.955 bits per heavy atom. The molecule has 2 fully saturated rings. The fraction of sp³-hybridized carbons (Fsp3) is 0.412. The number of nitrogens with one attached hydrogen (secondary N) is 1. The van der Waals surface area contributed by atoms with Crippen molar-refractivity contribution in [3.8, 4) is 5.75 Å². The Hall–Kier alpha value is -3.73. The first-order valence-corrected chi connectivity index (χ1v) is 16.7. The molecule has 0 aromatic heterocycles. The smallest absolute Gasteiger partial charge is 0.247 e. The quantitative estimate of drug-likeness (QED) is 0.303. The molecule has 1 N–H and O–H groups in total. The highest BCUT2D eigenvalue weighted by molar-refractivity contribution is 7.89. The first-order valence-electron chi connectivity index (χ1n) is 15.3. The molecule has 2 aliphatic rings. The van der Waals surface area contributed by atoms with Gasteiger partial charge in [0.25, 0.3) is 0 Å². The molecule has 0 aliphatic carbocycles. The summed E-state index contributed by atoms with van der Waals surface area (Å²) in [5, 5.41) is 3.04. The molecule has 2 amide bonds. The van der Waals surface area contributed by atoms with Crippen molar-refractivity contribution in [1.82, 2.24) is 14.5 Å². The molecule has 2 heterocycles. The van der Waals surface area contributed by atoms with E-state index in [2.05, 4.69) is 5.32 Å². The second-order valence-electron chi connectivity index (χ2n) is 11.3. The summed E-state index contributed by atoms with van der Waals surface area (Å²) in [5.74, 6) is 0.261. The summed E-state index contributed by atoms with van der Waals surface area (Å²) in [6.45, 7) is 2.40. The minimum Gasteiger partial charge on any atom is -0.497 e. The zero-order valence-corrected chi connectivity index (χ0v) is 26.0. The highest BCUT2D eigenvalue weighted by Gasteiger charge is 2.32. The van der Waals surface area contributed by atoms with Gasteiger partial charge in [-0.3, -0.25) is 9.59 Å². The van der Waals surface area contributed by atoms with Crippen LogP contribution in [0.1, 0.15) is 54.8 Å². The van der Waals surface area contributed by atoms with Crippen molar-refractivity contribution in [3.63, 3.8) is 0 Å². The number of aryl methyl sites for hydroxylation is 1. The van der Waals surface area contributed by atoms with Gasteiger partial charge in [0.15, 0.2) is 0 Å². The Labute approximate surface area is 260 Å². The third kappa shape index (κ3) is 7.85. The molecule has 3 aromatic carbocycles. The maximum absolute atomic E-state index is 14.0. The fourth-order valence-electron chi connectivity index (χ4n) is 5.78. The summed E-state index contributed by atoms with van der Waals surface area (Å²) in [4.78, 5) is 29.7. The van der Waals surface area contributed by atoms with Crippen LogP contribution in [0.25, 0.3) is 0 Å². The van der Waals surface area contributed by atoms with Gasteiger partial charge >= 0.3 is 0 Å². The van der Waals surface area contributed by atoms with Crippen LogP contribution in [-0.4, -0.2) is 68.9 Å². The molecule has 0 spiro atoms. The summed E-state index contributed by atoms with van der Waals surface area (Å²) < 4.78 is 38.4. The number of ether oxygens (including phenoxy) is 2. The van der Waals surface area contributed by atoms with Gasteiger partial charge in [-0.25, -0.2) is 8.42 Å². The zero-order chi connectivity index (χ0) is 30.9. The van der Waals surface area contributed by atoms with E-state index in [1.807, 2.05) is 54.6 Å². The fourth-order valence-corrected chi connectivity index (χ4v) is 7.29. The normalized spacial score (nSPS) is 17.7. The lowest BCUT2D eigenvalue weighted by Gasteiger charge is -2.32. The van der Waals surface area contributed by atoms with Crippen LogP contribution in [0.15, 0.2) is 83.8 Å². The molecule has 9 nitrogen and oxygen atoms in total. The van der Waals surface area contributed by atoms with E-state index in [4.69, 9.17) is 9.47 Å². The van der Waals surface area contributed by atoms with E-state index in [0.29, 0.717) is 38.4 Å². The van der Waals surface area contributed by atoms with Gasteiger partial charge in [-0.2, -0.15) is 4.31 Å². The lowest BCUT2D eigenvalue weighted by atomic mass is 10.0. The van der Waals surface area contributed by atoms with Gasteiger partial charge < -0.3 is 19.7 Å². The molecule has 0 saturated carbocycles. The van der Waals surface area contributed by atoms with Gasteiger partial charge in [-0.1, -0.05) is 54.6 Å². The first-order chi connectivity index (χ1) is 21.3. The zero-order valence-electron chi connectivity index (χ0n) is 25.2. The van der Waals surface area contributed by atoms with Crippen LogP contribution in [0.4, 0.5) is 0 Å². The predicted molar refractivity (Wildman–Crippen MR) is 167 cm³/mol. The van der Waals surface area contributed by atoms with Gasteiger partial charge in [0.1, 0.15) is 11.8 Å². The molecule has 0 bridgehead atoms. The number of carbonyl (C=O) groups is 2. The van der Waals surface area contributed by atoms with Crippen molar-refractivity contribution in [2.45, 2.75) is 62.1 Å². The molecule has 3 aromatic rings. The first kappa shape index (κ1) is 31.7. The van der Waals surface area contributed by atoms with Crippen molar-refractivity contribution in [1.29, 1.82) is 0 Å². The number of rotatable bonds is 13. The molecule has 2 saturated heterocycles. The Morgan fingerprint density at radius 2 is 1.64 bits per heavy atom. The average molecular weight is 620 g/mol. The van der Waals surface area contributed by atoms with E-state index in [9.17, 15) is 18.0 Å². The lowest BCUT2D eigenvalue weighted by molar-refractivity contribution is -0.141. The monoisotopic (exact) mass is 619 g/mol. The van der Waals surface area contributed by atoms with E-state index in [-0.39, 0.29) is 35.8 Å². The van der Waals surface area contributed by atoms with Gasteiger partial charge in [0.2, 0.25) is 21.8 Å². The van der Waals surface area contributed by atoms with Crippen molar-refractivity contribution in [3.05, 3.63) is 95.6 Å². The van der Waals surface area contributed by atoms with Gasteiger partial charge in [0.05, 0.1) is 18.1 Å². The predicted octanol–water partition coefficient (Wildman–Crippen LogP) is 4.48. The minimum absolute atomic E-state index is 0.0293. The lowest BCUT2D eigenvalue weighted by Crippen LogP contribution is -2.45. The Balaban J connectivity index is 1.36. The average Bonchev–Trinajstić information content (AvgIpc) is 3.79. The van der Waals surface area contributed by atoms with E-state index in [0.717, 1.165) is 42.4 Å². The van der Waals surface area contributed by atoms with Crippen LogP contribution in [0.5, 0.6) is 5.75 Å². The van der Waals surface area contributed by atoms with Crippen LogP contribution in [0, 0.1) is 0 Å². The number of methoxy groups -OCH3 is 1. The van der Waals surface area contributed by atoms with Crippen molar-refractivity contribution < 1.29 is 27.5 Å². The standard InChI is InChI=1S/C34H41N3O6S/c1-42-29-16-11-27(12-17-29)25-37(33(28-8-3-2-4-9-28)34(39)35-24-30-10-7-23-43-30)32(38)20-15-26-13-18-31(19-14-26)44(40,41)36-21-5-6-22-36/h2-4,8-9,11-14,16-19,30,33H,5-7,10,15,20-25H2,1H3,(H,35,39). The van der Waals surface area contributed by atoms with E-state index >= 15 is 0 Å². The second-order valence-corrected chi connectivity index (χ2v) is 13.3. The van der Waals surface area contributed by atoms with Gasteiger partial charge in [-0.15, -0.1) is 0 Å². The number of sulfonamides is 1. The maximum atomic E-state index is 14.0. The molecule has 2 aliphatic heterocycles. The van der Waals surface area contributed by atoms with E-state index in [1.54, 1.807) is 36.3 Å². The number of amides is 2. The second kappa shape index (κ2) is 14.8. The minimum atomic E-state index is -3.51.